The van der Waals surface area contributed by atoms with E-state index in [2.05, 4.69) is 20.4 Å². The molecule has 0 radical (unpaired) electrons. The number of para-hydroxylation sites is 1. The van der Waals surface area contributed by atoms with Gasteiger partial charge < -0.3 is 9.30 Å². The maximum atomic E-state index is 11.9. The van der Waals surface area contributed by atoms with Gasteiger partial charge in [-0.1, -0.05) is 18.2 Å². The number of carbonyl (C=O) groups excluding carboxylic acids is 1. The number of ether oxygens (including phenoxy) is 1. The molecule has 0 fully saturated rings. The van der Waals surface area contributed by atoms with Crippen LogP contribution in [0.1, 0.15) is 5.82 Å². The van der Waals surface area contributed by atoms with Crippen LogP contribution in [0.15, 0.2) is 46.9 Å². The van der Waals surface area contributed by atoms with Crippen LogP contribution in [0.3, 0.4) is 0 Å². The number of amides is 1. The second kappa shape index (κ2) is 6.97. The highest BCUT2D eigenvalue weighted by molar-refractivity contribution is 7.07. The molecule has 2 aromatic heterocycles. The molecule has 118 valence electrons. The van der Waals surface area contributed by atoms with E-state index in [9.17, 15) is 4.79 Å². The van der Waals surface area contributed by atoms with Gasteiger partial charge in [-0.25, -0.2) is 0 Å². The zero-order valence-corrected chi connectivity index (χ0v) is 13.2. The molecule has 0 aliphatic heterocycles. The molecule has 0 saturated carbocycles. The van der Waals surface area contributed by atoms with Gasteiger partial charge in [0, 0.05) is 18.6 Å². The summed E-state index contributed by atoms with van der Waals surface area (Å²) in [7, 11) is 1.83. The van der Waals surface area contributed by atoms with Gasteiger partial charge in [0.15, 0.2) is 11.4 Å². The molecule has 0 N–H and O–H groups in total. The van der Waals surface area contributed by atoms with Crippen molar-refractivity contribution in [2.45, 2.75) is 13.2 Å². The number of benzene rings is 1. The lowest BCUT2D eigenvalue weighted by Crippen LogP contribution is -2.17. The van der Waals surface area contributed by atoms with Crippen LogP contribution in [-0.4, -0.2) is 30.7 Å². The minimum absolute atomic E-state index is 0.0593. The molecule has 1 aromatic carbocycles. The lowest BCUT2D eigenvalue weighted by Gasteiger charge is -2.01. The van der Waals surface area contributed by atoms with Crippen LogP contribution in [0.4, 0.5) is 0 Å². The smallest absolute Gasteiger partial charge is 0.271 e. The third-order valence-corrected chi connectivity index (χ3v) is 3.71. The summed E-state index contributed by atoms with van der Waals surface area (Å²) in [4.78, 5) is 17.7. The quantitative estimate of drug-likeness (QED) is 0.690. The fourth-order valence-corrected chi connectivity index (χ4v) is 2.51. The lowest BCUT2D eigenvalue weighted by atomic mass is 10.3. The third-order valence-electron chi connectivity index (χ3n) is 2.86. The van der Waals surface area contributed by atoms with Crippen molar-refractivity contribution in [1.82, 2.24) is 24.8 Å². The number of rotatable bonds is 5. The van der Waals surface area contributed by atoms with Gasteiger partial charge in [-0.15, -0.1) is 21.5 Å². The van der Waals surface area contributed by atoms with E-state index in [0.717, 1.165) is 5.75 Å². The van der Waals surface area contributed by atoms with E-state index in [1.54, 1.807) is 4.57 Å². The molecule has 1 amide bonds. The van der Waals surface area contributed by atoms with Crippen molar-refractivity contribution in [3.63, 3.8) is 0 Å². The Labute approximate surface area is 135 Å². The summed E-state index contributed by atoms with van der Waals surface area (Å²) in [6.07, 6.45) is 1.84. The number of aryl methyl sites for hydroxylation is 1. The summed E-state index contributed by atoms with van der Waals surface area (Å²) in [5.74, 6) is 0.791. The summed E-state index contributed by atoms with van der Waals surface area (Å²) >= 11 is 1.39. The topological polar surface area (TPSA) is 87.2 Å². The summed E-state index contributed by atoms with van der Waals surface area (Å²) < 4.78 is 7.30. The van der Waals surface area contributed by atoms with E-state index in [1.807, 2.05) is 49.0 Å². The molecule has 0 aliphatic rings. The molecular formula is C14H14N6O2S. The Morgan fingerprint density at radius 1 is 1.35 bits per heavy atom. The molecule has 23 heavy (non-hydrogen) atoms. The van der Waals surface area contributed by atoms with Gasteiger partial charge in [-0.05, 0) is 17.3 Å². The maximum Gasteiger partial charge on any atom is 0.271 e. The minimum Gasteiger partial charge on any atom is -0.485 e. The Balaban J connectivity index is 1.59. The molecule has 0 saturated heterocycles. The number of thiazole rings is 1. The summed E-state index contributed by atoms with van der Waals surface area (Å²) in [6, 6.07) is 9.35. The fourth-order valence-electron chi connectivity index (χ4n) is 1.76. The van der Waals surface area contributed by atoms with E-state index in [1.165, 1.54) is 16.1 Å². The fraction of sp³-hybridized carbons (Fsp3) is 0.214. The maximum absolute atomic E-state index is 11.9. The van der Waals surface area contributed by atoms with Crippen molar-refractivity contribution < 1.29 is 9.53 Å². The molecule has 2 heterocycles. The monoisotopic (exact) mass is 330 g/mol. The number of carbonyl (C=O) groups is 1. The lowest BCUT2D eigenvalue weighted by molar-refractivity contribution is -0.119. The zero-order chi connectivity index (χ0) is 16.1. The van der Waals surface area contributed by atoms with Gasteiger partial charge in [0.05, 0.1) is 0 Å². The van der Waals surface area contributed by atoms with Crippen LogP contribution >= 0.6 is 11.3 Å². The van der Waals surface area contributed by atoms with Crippen LogP contribution in [-0.2, 0) is 25.0 Å². The van der Waals surface area contributed by atoms with E-state index >= 15 is 0 Å². The predicted molar refractivity (Wildman–Crippen MR) is 82.5 cm³/mol. The van der Waals surface area contributed by atoms with Gasteiger partial charge in [0.25, 0.3) is 5.91 Å². The Morgan fingerprint density at radius 3 is 2.91 bits per heavy atom. The highest BCUT2D eigenvalue weighted by Crippen LogP contribution is 2.09. The molecule has 0 spiro atoms. The van der Waals surface area contributed by atoms with E-state index < -0.39 is 0 Å². The second-order valence-corrected chi connectivity index (χ2v) is 5.51. The summed E-state index contributed by atoms with van der Waals surface area (Å²) in [6.45, 7) is 0.130. The van der Waals surface area contributed by atoms with Crippen molar-refractivity contribution in [2.75, 3.05) is 0 Å². The van der Waals surface area contributed by atoms with Crippen LogP contribution in [0.5, 0.6) is 5.75 Å². The van der Waals surface area contributed by atoms with Crippen molar-refractivity contribution in [3.8, 4) is 5.75 Å². The average molecular weight is 330 g/mol. The average Bonchev–Trinajstić information content (AvgIpc) is 3.16. The SMILES string of the molecule is Cn1ccsc1=NC(=O)Cn1nnc(COc2ccccc2)n1. The van der Waals surface area contributed by atoms with Gasteiger partial charge in [-0.3, -0.25) is 4.79 Å². The van der Waals surface area contributed by atoms with Crippen LogP contribution in [0, 0.1) is 0 Å². The molecule has 3 aromatic rings. The third kappa shape index (κ3) is 4.10. The Morgan fingerprint density at radius 2 is 2.17 bits per heavy atom. The second-order valence-electron chi connectivity index (χ2n) is 4.64. The predicted octanol–water partition coefficient (Wildman–Crippen LogP) is 0.780. The Kier molecular flexibility index (Phi) is 4.57. The van der Waals surface area contributed by atoms with E-state index in [-0.39, 0.29) is 19.1 Å². The number of tetrazole rings is 1. The van der Waals surface area contributed by atoms with Crippen LogP contribution < -0.4 is 9.54 Å². The first-order valence-corrected chi connectivity index (χ1v) is 7.71. The molecule has 3 rings (SSSR count). The molecule has 0 unspecified atom stereocenters. The summed E-state index contributed by atoms with van der Waals surface area (Å²) in [5, 5.41) is 13.7. The number of hydrogen-bond acceptors (Lipinski definition) is 6. The van der Waals surface area contributed by atoms with Crippen molar-refractivity contribution in [1.29, 1.82) is 0 Å². The van der Waals surface area contributed by atoms with Crippen molar-refractivity contribution in [3.05, 3.63) is 52.5 Å². The highest BCUT2D eigenvalue weighted by Gasteiger charge is 2.08. The molecular weight excluding hydrogens is 316 g/mol. The van der Waals surface area contributed by atoms with Gasteiger partial charge >= 0.3 is 0 Å². The normalized spacial score (nSPS) is 11.6. The molecule has 8 nitrogen and oxygen atoms in total. The Bertz CT molecular complexity index is 851. The number of hydrogen-bond donors (Lipinski definition) is 0. The molecule has 9 heteroatoms. The number of nitrogens with zero attached hydrogens (tertiary/aromatic N) is 6. The number of aromatic nitrogens is 5. The van der Waals surface area contributed by atoms with E-state index in [0.29, 0.717) is 10.6 Å². The molecule has 0 aliphatic carbocycles. The van der Waals surface area contributed by atoms with E-state index in [4.69, 9.17) is 4.74 Å². The largest absolute Gasteiger partial charge is 0.485 e. The molecule has 0 bridgehead atoms. The van der Waals surface area contributed by atoms with Crippen LogP contribution in [0.25, 0.3) is 0 Å². The first-order valence-electron chi connectivity index (χ1n) is 6.83. The first-order chi connectivity index (χ1) is 11.2. The minimum atomic E-state index is -0.337. The van der Waals surface area contributed by atoms with Gasteiger partial charge in [0.2, 0.25) is 5.82 Å². The Hall–Kier alpha value is -2.81. The first kappa shape index (κ1) is 15.1. The van der Waals surface area contributed by atoms with Gasteiger partial charge in [-0.2, -0.15) is 9.79 Å². The van der Waals surface area contributed by atoms with Crippen LogP contribution in [0.2, 0.25) is 0 Å². The standard InChI is InChI=1S/C14H14N6O2S/c1-19-7-8-23-14(19)15-13(21)9-20-17-12(16-18-20)10-22-11-5-3-2-4-6-11/h2-8H,9-10H2,1H3. The molecule has 0 atom stereocenters. The summed E-state index contributed by atoms with van der Waals surface area (Å²) in [5.41, 5.74) is 0. The van der Waals surface area contributed by atoms with Crippen molar-refractivity contribution in [2.24, 2.45) is 12.0 Å². The zero-order valence-electron chi connectivity index (χ0n) is 12.4. The highest BCUT2D eigenvalue weighted by atomic mass is 32.1. The van der Waals surface area contributed by atoms with Gasteiger partial charge in [0.1, 0.15) is 12.3 Å². The van der Waals surface area contributed by atoms with Crippen molar-refractivity contribution >= 4 is 17.2 Å².